The normalized spacial score (nSPS) is 20.4. The molecular formula is C18H27N3O2. The van der Waals surface area contributed by atoms with E-state index in [0.717, 1.165) is 44.6 Å². The lowest BCUT2D eigenvalue weighted by Crippen LogP contribution is -2.50. The topological polar surface area (TPSA) is 53.6 Å². The second-order valence-electron chi connectivity index (χ2n) is 6.49. The van der Waals surface area contributed by atoms with E-state index in [1.165, 1.54) is 12.8 Å². The first-order chi connectivity index (χ1) is 11.3. The summed E-state index contributed by atoms with van der Waals surface area (Å²) in [6.07, 6.45) is 4.27. The summed E-state index contributed by atoms with van der Waals surface area (Å²) in [6, 6.07) is 11.0. The van der Waals surface area contributed by atoms with E-state index in [2.05, 4.69) is 10.6 Å². The Morgan fingerprint density at radius 3 is 2.43 bits per heavy atom. The summed E-state index contributed by atoms with van der Waals surface area (Å²) in [7, 11) is 0. The molecule has 2 heterocycles. The SMILES string of the molecule is O=C(OCc1ccccc1)N1CCC(NC2CCNCC2)CC1. The van der Waals surface area contributed by atoms with Crippen molar-refractivity contribution in [3.63, 3.8) is 0 Å². The van der Waals surface area contributed by atoms with Gasteiger partial charge in [-0.2, -0.15) is 0 Å². The van der Waals surface area contributed by atoms with Gasteiger partial charge in [-0.15, -0.1) is 0 Å². The van der Waals surface area contributed by atoms with Crippen LogP contribution in [0.3, 0.4) is 0 Å². The third kappa shape index (κ3) is 4.94. The fourth-order valence-electron chi connectivity index (χ4n) is 3.36. The first-order valence-corrected chi connectivity index (χ1v) is 8.73. The second-order valence-corrected chi connectivity index (χ2v) is 6.49. The Morgan fingerprint density at radius 1 is 1.09 bits per heavy atom. The number of nitrogens with zero attached hydrogens (tertiary/aromatic N) is 1. The molecule has 5 nitrogen and oxygen atoms in total. The molecule has 0 radical (unpaired) electrons. The molecule has 0 unspecified atom stereocenters. The summed E-state index contributed by atoms with van der Waals surface area (Å²) in [5.41, 5.74) is 1.03. The highest BCUT2D eigenvalue weighted by atomic mass is 16.6. The van der Waals surface area contributed by atoms with Crippen molar-refractivity contribution in [3.05, 3.63) is 35.9 Å². The van der Waals surface area contributed by atoms with Crippen molar-refractivity contribution in [2.45, 2.75) is 44.4 Å². The molecule has 1 aromatic rings. The van der Waals surface area contributed by atoms with Crippen molar-refractivity contribution in [2.75, 3.05) is 26.2 Å². The van der Waals surface area contributed by atoms with Crippen molar-refractivity contribution in [1.82, 2.24) is 15.5 Å². The minimum atomic E-state index is -0.186. The zero-order chi connectivity index (χ0) is 15.9. The first-order valence-electron chi connectivity index (χ1n) is 8.73. The highest BCUT2D eigenvalue weighted by molar-refractivity contribution is 5.67. The molecule has 2 N–H and O–H groups in total. The molecule has 1 amide bonds. The van der Waals surface area contributed by atoms with E-state index in [1.807, 2.05) is 35.2 Å². The van der Waals surface area contributed by atoms with Crippen LogP contribution in [0, 0.1) is 0 Å². The van der Waals surface area contributed by atoms with E-state index in [1.54, 1.807) is 0 Å². The van der Waals surface area contributed by atoms with Gasteiger partial charge in [0, 0.05) is 25.2 Å². The van der Waals surface area contributed by atoms with Gasteiger partial charge in [0.1, 0.15) is 6.61 Å². The maximum Gasteiger partial charge on any atom is 0.410 e. The van der Waals surface area contributed by atoms with Crippen LogP contribution in [-0.4, -0.2) is 49.3 Å². The number of likely N-dealkylation sites (tertiary alicyclic amines) is 1. The van der Waals surface area contributed by atoms with Crippen molar-refractivity contribution in [2.24, 2.45) is 0 Å². The third-order valence-corrected chi connectivity index (χ3v) is 4.77. The minimum Gasteiger partial charge on any atom is -0.445 e. The second kappa shape index (κ2) is 8.31. The predicted molar refractivity (Wildman–Crippen MR) is 90.2 cm³/mol. The van der Waals surface area contributed by atoms with Gasteiger partial charge in [-0.3, -0.25) is 0 Å². The fraction of sp³-hybridized carbons (Fsp3) is 0.611. The highest BCUT2D eigenvalue weighted by Crippen LogP contribution is 2.15. The summed E-state index contributed by atoms with van der Waals surface area (Å²) in [5, 5.41) is 7.15. The summed E-state index contributed by atoms with van der Waals surface area (Å²) in [5.74, 6) is 0. The number of ether oxygens (including phenoxy) is 1. The average Bonchev–Trinajstić information content (AvgIpc) is 2.62. The Morgan fingerprint density at radius 2 is 1.74 bits per heavy atom. The van der Waals surface area contributed by atoms with Crippen molar-refractivity contribution in [1.29, 1.82) is 0 Å². The number of carbonyl (C=O) groups is 1. The number of hydrogen-bond donors (Lipinski definition) is 2. The molecule has 23 heavy (non-hydrogen) atoms. The van der Waals surface area contributed by atoms with Crippen LogP contribution in [0.4, 0.5) is 4.79 Å². The van der Waals surface area contributed by atoms with Crippen LogP contribution >= 0.6 is 0 Å². The number of carbonyl (C=O) groups excluding carboxylic acids is 1. The lowest BCUT2D eigenvalue weighted by atomic mass is 10.0. The number of amides is 1. The van der Waals surface area contributed by atoms with Crippen LogP contribution in [0.5, 0.6) is 0 Å². The van der Waals surface area contributed by atoms with Crippen LogP contribution in [-0.2, 0) is 11.3 Å². The molecular weight excluding hydrogens is 290 g/mol. The Labute approximate surface area is 138 Å². The van der Waals surface area contributed by atoms with Gasteiger partial charge in [-0.25, -0.2) is 4.79 Å². The van der Waals surface area contributed by atoms with Gasteiger partial charge in [0.05, 0.1) is 0 Å². The van der Waals surface area contributed by atoms with Crippen LogP contribution in [0.25, 0.3) is 0 Å². The quantitative estimate of drug-likeness (QED) is 0.893. The molecule has 1 aromatic carbocycles. The number of piperidine rings is 2. The standard InChI is InChI=1S/C18H27N3O2/c22-18(23-14-15-4-2-1-3-5-15)21-12-8-17(9-13-21)20-16-6-10-19-11-7-16/h1-5,16-17,19-20H,6-14H2. The van der Waals surface area contributed by atoms with Gasteiger partial charge in [0.25, 0.3) is 0 Å². The van der Waals surface area contributed by atoms with E-state index in [4.69, 9.17) is 4.74 Å². The lowest BCUT2D eigenvalue weighted by Gasteiger charge is -2.35. The summed E-state index contributed by atoms with van der Waals surface area (Å²) >= 11 is 0. The zero-order valence-corrected chi connectivity index (χ0v) is 13.7. The number of hydrogen-bond acceptors (Lipinski definition) is 4. The Hall–Kier alpha value is -1.59. The highest BCUT2D eigenvalue weighted by Gasteiger charge is 2.25. The van der Waals surface area contributed by atoms with Crippen molar-refractivity contribution in [3.8, 4) is 0 Å². The van der Waals surface area contributed by atoms with Crippen LogP contribution in [0.2, 0.25) is 0 Å². The molecule has 2 aliphatic heterocycles. The molecule has 0 aliphatic carbocycles. The largest absolute Gasteiger partial charge is 0.445 e. The van der Waals surface area contributed by atoms with Gasteiger partial charge in [-0.05, 0) is 44.3 Å². The van der Waals surface area contributed by atoms with Gasteiger partial charge >= 0.3 is 6.09 Å². The number of rotatable bonds is 4. The van der Waals surface area contributed by atoms with Gasteiger partial charge < -0.3 is 20.3 Å². The van der Waals surface area contributed by atoms with Gasteiger partial charge in [0.15, 0.2) is 0 Å². The molecule has 3 rings (SSSR count). The molecule has 0 aromatic heterocycles. The Kier molecular flexibility index (Phi) is 5.88. The smallest absolute Gasteiger partial charge is 0.410 e. The van der Waals surface area contributed by atoms with Crippen molar-refractivity contribution >= 4 is 6.09 Å². The molecule has 0 saturated carbocycles. The van der Waals surface area contributed by atoms with E-state index in [9.17, 15) is 4.79 Å². The molecule has 0 atom stereocenters. The van der Waals surface area contributed by atoms with E-state index in [-0.39, 0.29) is 6.09 Å². The van der Waals surface area contributed by atoms with E-state index >= 15 is 0 Å². The minimum absolute atomic E-state index is 0.186. The maximum absolute atomic E-state index is 12.1. The van der Waals surface area contributed by atoms with Gasteiger partial charge in [0.2, 0.25) is 0 Å². The summed E-state index contributed by atoms with van der Waals surface area (Å²) in [4.78, 5) is 14.0. The fourth-order valence-corrected chi connectivity index (χ4v) is 3.36. The van der Waals surface area contributed by atoms with Crippen LogP contribution in [0.1, 0.15) is 31.2 Å². The maximum atomic E-state index is 12.1. The molecule has 126 valence electrons. The molecule has 5 heteroatoms. The van der Waals surface area contributed by atoms with Crippen LogP contribution in [0.15, 0.2) is 30.3 Å². The molecule has 0 bridgehead atoms. The van der Waals surface area contributed by atoms with Gasteiger partial charge in [-0.1, -0.05) is 30.3 Å². The van der Waals surface area contributed by atoms with E-state index in [0.29, 0.717) is 18.7 Å². The monoisotopic (exact) mass is 317 g/mol. The first kappa shape index (κ1) is 16.3. The molecule has 2 aliphatic rings. The van der Waals surface area contributed by atoms with Crippen molar-refractivity contribution < 1.29 is 9.53 Å². The third-order valence-electron chi connectivity index (χ3n) is 4.77. The van der Waals surface area contributed by atoms with Crippen LogP contribution < -0.4 is 10.6 Å². The molecule has 2 saturated heterocycles. The Bertz CT molecular complexity index is 480. The molecule has 0 spiro atoms. The zero-order valence-electron chi connectivity index (χ0n) is 13.7. The number of nitrogens with one attached hydrogen (secondary N) is 2. The predicted octanol–water partition coefficient (Wildman–Crippen LogP) is 2.13. The summed E-state index contributed by atoms with van der Waals surface area (Å²) in [6.45, 7) is 4.16. The number of benzene rings is 1. The average molecular weight is 317 g/mol. The Balaban J connectivity index is 1.37. The van der Waals surface area contributed by atoms with E-state index < -0.39 is 0 Å². The lowest BCUT2D eigenvalue weighted by molar-refractivity contribution is 0.0841. The summed E-state index contributed by atoms with van der Waals surface area (Å²) < 4.78 is 5.41. The molecule has 2 fully saturated rings.